The highest BCUT2D eigenvalue weighted by molar-refractivity contribution is 6.30. The highest BCUT2D eigenvalue weighted by Gasteiger charge is 2.13. The van der Waals surface area contributed by atoms with Crippen LogP contribution in [0.3, 0.4) is 0 Å². The maximum absolute atomic E-state index is 6.01. The van der Waals surface area contributed by atoms with Gasteiger partial charge in [-0.05, 0) is 13.3 Å². The number of rotatable bonds is 6. The van der Waals surface area contributed by atoms with Crippen LogP contribution < -0.4 is 4.74 Å². The van der Waals surface area contributed by atoms with Gasteiger partial charge in [-0.25, -0.2) is 0 Å². The lowest BCUT2D eigenvalue weighted by Crippen LogP contribution is -2.11. The normalized spacial score (nSPS) is 11.1. The predicted octanol–water partition coefficient (Wildman–Crippen LogP) is 1.89. The van der Waals surface area contributed by atoms with Crippen molar-refractivity contribution in [3.8, 4) is 5.88 Å². The van der Waals surface area contributed by atoms with E-state index in [9.17, 15) is 0 Å². The van der Waals surface area contributed by atoms with Crippen molar-refractivity contribution < 1.29 is 9.47 Å². The zero-order valence-electron chi connectivity index (χ0n) is 10.4. The number of hydrogen-bond acceptors (Lipinski definition) is 5. The summed E-state index contributed by atoms with van der Waals surface area (Å²) in [4.78, 5) is 8.08. The van der Waals surface area contributed by atoms with Gasteiger partial charge in [0, 0.05) is 12.2 Å². The van der Waals surface area contributed by atoms with Crippen LogP contribution in [0.15, 0.2) is 6.33 Å². The van der Waals surface area contributed by atoms with Gasteiger partial charge in [-0.15, -0.1) is 0 Å². The molecule has 98 valence electrons. The number of fused-ring (bicyclic) bond motifs is 1. The lowest BCUT2D eigenvalue weighted by atomic mass is 10.4. The molecule has 0 bridgehead atoms. The maximum atomic E-state index is 6.01. The summed E-state index contributed by atoms with van der Waals surface area (Å²) in [6, 6.07) is 0. The molecule has 0 saturated heterocycles. The Kier molecular flexibility index (Phi) is 4.33. The lowest BCUT2D eigenvalue weighted by molar-refractivity contribution is 0.0978. The first-order chi connectivity index (χ1) is 8.74. The van der Waals surface area contributed by atoms with Crippen LogP contribution in [0, 0.1) is 6.92 Å². The van der Waals surface area contributed by atoms with Crippen LogP contribution in [0.2, 0.25) is 5.15 Å². The molecule has 0 aromatic carbocycles. The second-order valence-electron chi connectivity index (χ2n) is 3.77. The van der Waals surface area contributed by atoms with E-state index in [-0.39, 0.29) is 0 Å². The molecule has 2 heterocycles. The van der Waals surface area contributed by atoms with Gasteiger partial charge in [0.1, 0.15) is 18.1 Å². The standard InChI is InChI=1S/C11H15ClN4O2/c1-3-4-17-5-6-18-10-8(2)9(12)15-11-13-7-14-16(10)11/h7H,3-6H2,1-2H3. The van der Waals surface area contributed by atoms with E-state index in [1.165, 1.54) is 10.8 Å². The molecule has 2 aromatic heterocycles. The highest BCUT2D eigenvalue weighted by atomic mass is 35.5. The van der Waals surface area contributed by atoms with Gasteiger partial charge >= 0.3 is 0 Å². The minimum absolute atomic E-state index is 0.375. The van der Waals surface area contributed by atoms with Crippen LogP contribution in [0.1, 0.15) is 18.9 Å². The van der Waals surface area contributed by atoms with Crippen molar-refractivity contribution in [2.45, 2.75) is 20.3 Å². The Hall–Kier alpha value is -1.40. The van der Waals surface area contributed by atoms with Gasteiger partial charge in [-0.1, -0.05) is 18.5 Å². The van der Waals surface area contributed by atoms with Crippen LogP contribution in [-0.4, -0.2) is 39.4 Å². The fourth-order valence-electron chi connectivity index (χ4n) is 1.49. The fraction of sp³-hybridized carbons (Fsp3) is 0.545. The summed E-state index contributed by atoms with van der Waals surface area (Å²) >= 11 is 6.01. The van der Waals surface area contributed by atoms with E-state index in [0.29, 0.717) is 30.0 Å². The molecule has 2 aromatic rings. The molecule has 0 atom stereocenters. The second-order valence-corrected chi connectivity index (χ2v) is 4.12. The summed E-state index contributed by atoms with van der Waals surface area (Å²) in [6.45, 7) is 5.60. The molecular formula is C11H15ClN4O2. The summed E-state index contributed by atoms with van der Waals surface area (Å²) < 4.78 is 12.5. The lowest BCUT2D eigenvalue weighted by Gasteiger charge is -2.10. The van der Waals surface area contributed by atoms with Crippen molar-refractivity contribution in [1.29, 1.82) is 0 Å². The SMILES string of the molecule is CCCOCCOc1c(C)c(Cl)nc2ncnn12. The molecule has 0 radical (unpaired) electrons. The first-order valence-electron chi connectivity index (χ1n) is 5.80. The van der Waals surface area contributed by atoms with E-state index in [4.69, 9.17) is 21.1 Å². The third-order valence-electron chi connectivity index (χ3n) is 2.37. The van der Waals surface area contributed by atoms with Crippen LogP contribution >= 0.6 is 11.6 Å². The first-order valence-corrected chi connectivity index (χ1v) is 6.18. The molecular weight excluding hydrogens is 256 g/mol. The van der Waals surface area contributed by atoms with Crippen LogP contribution in [0.5, 0.6) is 5.88 Å². The van der Waals surface area contributed by atoms with Gasteiger partial charge in [0.05, 0.1) is 6.61 Å². The Balaban J connectivity index is 2.11. The highest BCUT2D eigenvalue weighted by Crippen LogP contribution is 2.23. The van der Waals surface area contributed by atoms with Gasteiger partial charge in [0.25, 0.3) is 5.78 Å². The average molecular weight is 271 g/mol. The van der Waals surface area contributed by atoms with Gasteiger partial charge in [0.15, 0.2) is 0 Å². The van der Waals surface area contributed by atoms with Crippen LogP contribution in [0.4, 0.5) is 0 Å². The molecule has 7 heteroatoms. The molecule has 0 saturated carbocycles. The van der Waals surface area contributed by atoms with Crippen molar-refractivity contribution in [3.05, 3.63) is 17.0 Å². The minimum Gasteiger partial charge on any atom is -0.475 e. The van der Waals surface area contributed by atoms with E-state index in [0.717, 1.165) is 18.6 Å². The quantitative estimate of drug-likeness (QED) is 0.593. The average Bonchev–Trinajstić information content (AvgIpc) is 2.81. The zero-order chi connectivity index (χ0) is 13.0. The second kappa shape index (κ2) is 5.97. The molecule has 0 aliphatic heterocycles. The van der Waals surface area contributed by atoms with Crippen LogP contribution in [-0.2, 0) is 4.74 Å². The van der Waals surface area contributed by atoms with E-state index >= 15 is 0 Å². The van der Waals surface area contributed by atoms with Gasteiger partial charge in [-0.2, -0.15) is 19.6 Å². The largest absolute Gasteiger partial charge is 0.475 e. The van der Waals surface area contributed by atoms with Crippen molar-refractivity contribution >= 4 is 17.4 Å². The fourth-order valence-corrected chi connectivity index (χ4v) is 1.64. The number of halogens is 1. The molecule has 0 fully saturated rings. The Morgan fingerprint density at radius 3 is 2.94 bits per heavy atom. The topological polar surface area (TPSA) is 61.5 Å². The molecule has 0 unspecified atom stereocenters. The Bertz CT molecular complexity index is 529. The van der Waals surface area contributed by atoms with Gasteiger partial charge < -0.3 is 9.47 Å². The Morgan fingerprint density at radius 2 is 2.17 bits per heavy atom. The number of ether oxygens (including phenoxy) is 2. The van der Waals surface area contributed by atoms with E-state index in [1.54, 1.807) is 0 Å². The molecule has 6 nitrogen and oxygen atoms in total. The molecule has 0 N–H and O–H groups in total. The number of aromatic nitrogens is 4. The molecule has 18 heavy (non-hydrogen) atoms. The maximum Gasteiger partial charge on any atom is 0.256 e. The first kappa shape index (κ1) is 13.0. The summed E-state index contributed by atoms with van der Waals surface area (Å²) in [5.74, 6) is 0.984. The van der Waals surface area contributed by atoms with Crippen molar-refractivity contribution in [3.63, 3.8) is 0 Å². The van der Waals surface area contributed by atoms with Gasteiger partial charge in [-0.3, -0.25) is 0 Å². The monoisotopic (exact) mass is 270 g/mol. The minimum atomic E-state index is 0.375. The Labute approximate surface area is 110 Å². The molecule has 0 aliphatic carbocycles. The number of nitrogens with zero attached hydrogens (tertiary/aromatic N) is 4. The van der Waals surface area contributed by atoms with Gasteiger partial charge in [0.2, 0.25) is 5.88 Å². The molecule has 0 spiro atoms. The molecule has 0 amide bonds. The third-order valence-corrected chi connectivity index (χ3v) is 2.73. The zero-order valence-corrected chi connectivity index (χ0v) is 11.1. The van der Waals surface area contributed by atoms with E-state index in [1.807, 2.05) is 6.92 Å². The summed E-state index contributed by atoms with van der Waals surface area (Å²) in [6.07, 6.45) is 2.41. The van der Waals surface area contributed by atoms with E-state index < -0.39 is 0 Å². The smallest absolute Gasteiger partial charge is 0.256 e. The van der Waals surface area contributed by atoms with Crippen molar-refractivity contribution in [2.75, 3.05) is 19.8 Å². The summed E-state index contributed by atoms with van der Waals surface area (Å²) in [7, 11) is 0. The van der Waals surface area contributed by atoms with Crippen LogP contribution in [0.25, 0.3) is 5.78 Å². The summed E-state index contributed by atoms with van der Waals surface area (Å²) in [5.41, 5.74) is 0.741. The van der Waals surface area contributed by atoms with Crippen molar-refractivity contribution in [2.24, 2.45) is 0 Å². The van der Waals surface area contributed by atoms with Crippen molar-refractivity contribution in [1.82, 2.24) is 19.6 Å². The third kappa shape index (κ3) is 2.70. The number of hydrogen-bond donors (Lipinski definition) is 0. The Morgan fingerprint density at radius 1 is 1.33 bits per heavy atom. The molecule has 0 aliphatic rings. The van der Waals surface area contributed by atoms with E-state index in [2.05, 4.69) is 22.0 Å². The molecule has 2 rings (SSSR count). The predicted molar refractivity (Wildman–Crippen MR) is 67.1 cm³/mol. The summed E-state index contributed by atoms with van der Waals surface area (Å²) in [5, 5.41) is 4.43.